The number of nitrogens with zero attached hydrogens (tertiary/aromatic N) is 1. The molecule has 0 N–H and O–H groups in total. The van der Waals surface area contributed by atoms with Gasteiger partial charge in [-0.3, -0.25) is 0 Å². The maximum absolute atomic E-state index is 2.45. The van der Waals surface area contributed by atoms with Crippen LogP contribution in [-0.2, 0) is 0 Å². The summed E-state index contributed by atoms with van der Waals surface area (Å²) in [5, 5.41) is 0.431. The molecule has 2 aliphatic rings. The van der Waals surface area contributed by atoms with Crippen LogP contribution in [-0.4, -0.2) is 12.4 Å². The highest BCUT2D eigenvalue weighted by Crippen LogP contribution is 2.44. The topological polar surface area (TPSA) is 3.24 Å². The van der Waals surface area contributed by atoms with Crippen LogP contribution >= 0.6 is 11.8 Å². The van der Waals surface area contributed by atoms with E-state index < -0.39 is 0 Å². The molecule has 0 spiro atoms. The van der Waals surface area contributed by atoms with Crippen molar-refractivity contribution in [1.29, 1.82) is 0 Å². The summed E-state index contributed by atoms with van der Waals surface area (Å²) in [6, 6.07) is 8.69. The number of hydrogen-bond acceptors (Lipinski definition) is 2. The monoisotopic (exact) mass is 285 g/mol. The van der Waals surface area contributed by atoms with Gasteiger partial charge in [0.2, 0.25) is 0 Å². The van der Waals surface area contributed by atoms with Gasteiger partial charge < -0.3 is 4.90 Å². The lowest BCUT2D eigenvalue weighted by atomic mass is 9.75. The van der Waals surface area contributed by atoms with E-state index >= 15 is 0 Å². The van der Waals surface area contributed by atoms with Crippen molar-refractivity contribution in [3.63, 3.8) is 0 Å². The summed E-state index contributed by atoms with van der Waals surface area (Å²) >= 11 is 1.96. The standard InChI is InChI=1S/C18H23NS/c1-13-9-14(12-18(2,3)11-13)10-17-19(4)15-7-5-6-8-16(15)20-17/h5-10,17H,11-12H2,1-4H3/b14-10-. The molecule has 1 unspecified atom stereocenters. The third-order valence-corrected chi connectivity index (χ3v) is 5.40. The first-order chi connectivity index (χ1) is 9.44. The van der Waals surface area contributed by atoms with E-state index in [1.807, 2.05) is 11.8 Å². The number of hydrogen-bond donors (Lipinski definition) is 0. The van der Waals surface area contributed by atoms with Gasteiger partial charge in [0.05, 0.1) is 11.1 Å². The molecule has 2 heteroatoms. The third kappa shape index (κ3) is 2.67. The van der Waals surface area contributed by atoms with E-state index in [1.165, 1.54) is 34.6 Å². The zero-order valence-electron chi connectivity index (χ0n) is 12.8. The first-order valence-electron chi connectivity index (χ1n) is 7.31. The number of fused-ring (bicyclic) bond motifs is 1. The van der Waals surface area contributed by atoms with E-state index in [1.54, 1.807) is 0 Å². The molecule has 1 aromatic rings. The lowest BCUT2D eigenvalue weighted by Gasteiger charge is -2.31. The molecule has 1 heterocycles. The quantitative estimate of drug-likeness (QED) is 0.693. The highest BCUT2D eigenvalue weighted by atomic mass is 32.2. The summed E-state index contributed by atoms with van der Waals surface area (Å²) in [7, 11) is 2.20. The summed E-state index contributed by atoms with van der Waals surface area (Å²) in [6.45, 7) is 7.00. The molecule has 0 radical (unpaired) electrons. The zero-order chi connectivity index (χ0) is 14.3. The van der Waals surface area contributed by atoms with E-state index in [0.717, 1.165) is 0 Å². The number of thioether (sulfide) groups is 1. The van der Waals surface area contributed by atoms with E-state index in [2.05, 4.69) is 69.1 Å². The molecule has 1 nitrogen and oxygen atoms in total. The molecule has 1 aliphatic carbocycles. The second-order valence-corrected chi connectivity index (χ2v) is 8.00. The van der Waals surface area contributed by atoms with Gasteiger partial charge in [-0.2, -0.15) is 0 Å². The highest BCUT2D eigenvalue weighted by molar-refractivity contribution is 8.00. The average molecular weight is 285 g/mol. The van der Waals surface area contributed by atoms with E-state index in [-0.39, 0.29) is 0 Å². The number of likely N-dealkylation sites (N-methyl/N-ethyl adjacent to an activating group) is 1. The van der Waals surface area contributed by atoms with Crippen molar-refractivity contribution in [1.82, 2.24) is 0 Å². The third-order valence-electron chi connectivity index (χ3n) is 4.10. The molecule has 0 bridgehead atoms. The van der Waals surface area contributed by atoms with Crippen LogP contribution in [0, 0.1) is 5.41 Å². The van der Waals surface area contributed by atoms with Crippen LogP contribution in [0.3, 0.4) is 0 Å². The number of allylic oxidation sites excluding steroid dienone is 3. The van der Waals surface area contributed by atoms with Crippen molar-refractivity contribution in [2.24, 2.45) is 5.41 Å². The average Bonchev–Trinajstić information content (AvgIpc) is 2.64. The fraction of sp³-hybridized carbons (Fsp3) is 0.444. The number of anilines is 1. The fourth-order valence-corrected chi connectivity index (χ4v) is 4.68. The maximum Gasteiger partial charge on any atom is 0.0985 e. The van der Waals surface area contributed by atoms with Gasteiger partial charge in [0.25, 0.3) is 0 Å². The Morgan fingerprint density at radius 3 is 2.70 bits per heavy atom. The van der Waals surface area contributed by atoms with Crippen LogP contribution in [0.4, 0.5) is 5.69 Å². The van der Waals surface area contributed by atoms with Crippen molar-refractivity contribution >= 4 is 17.4 Å². The Morgan fingerprint density at radius 2 is 2.00 bits per heavy atom. The Labute approximate surface area is 126 Å². The van der Waals surface area contributed by atoms with E-state index in [4.69, 9.17) is 0 Å². The maximum atomic E-state index is 2.45. The van der Waals surface area contributed by atoms with Crippen LogP contribution in [0.2, 0.25) is 0 Å². The molecule has 20 heavy (non-hydrogen) atoms. The predicted molar refractivity (Wildman–Crippen MR) is 89.3 cm³/mol. The van der Waals surface area contributed by atoms with Gasteiger partial charge in [-0.05, 0) is 49.0 Å². The molecule has 1 atom stereocenters. The Bertz CT molecular complexity index is 583. The van der Waals surface area contributed by atoms with Crippen LogP contribution < -0.4 is 4.90 Å². The lowest BCUT2D eigenvalue weighted by Crippen LogP contribution is -2.24. The van der Waals surface area contributed by atoms with Crippen molar-refractivity contribution in [2.75, 3.05) is 11.9 Å². The van der Waals surface area contributed by atoms with Crippen molar-refractivity contribution in [3.8, 4) is 0 Å². The van der Waals surface area contributed by atoms with Gasteiger partial charge in [-0.1, -0.05) is 49.4 Å². The Morgan fingerprint density at radius 1 is 1.25 bits per heavy atom. The van der Waals surface area contributed by atoms with Gasteiger partial charge in [-0.15, -0.1) is 0 Å². The summed E-state index contributed by atoms with van der Waals surface area (Å²) in [5.41, 5.74) is 4.76. The summed E-state index contributed by atoms with van der Waals surface area (Å²) in [6.07, 6.45) is 7.25. The SMILES string of the molecule is CC1=C/C(=C/C2Sc3ccccc3N2C)CC(C)(C)C1. The Balaban J connectivity index is 1.86. The smallest absolute Gasteiger partial charge is 0.0985 e. The second-order valence-electron chi connectivity index (χ2n) is 6.84. The lowest BCUT2D eigenvalue weighted by molar-refractivity contribution is 0.351. The summed E-state index contributed by atoms with van der Waals surface area (Å²) in [5.74, 6) is 0. The van der Waals surface area contributed by atoms with Crippen LogP contribution in [0.25, 0.3) is 0 Å². The van der Waals surface area contributed by atoms with Crippen LogP contribution in [0.1, 0.15) is 33.6 Å². The normalized spacial score (nSPS) is 26.6. The Kier molecular flexibility index (Phi) is 3.45. The molecule has 1 aromatic carbocycles. The largest absolute Gasteiger partial charge is 0.358 e. The van der Waals surface area contributed by atoms with Gasteiger partial charge in [-0.25, -0.2) is 0 Å². The Hall–Kier alpha value is -1.15. The minimum Gasteiger partial charge on any atom is -0.358 e. The number of para-hydroxylation sites is 1. The zero-order valence-corrected chi connectivity index (χ0v) is 13.6. The molecule has 106 valence electrons. The highest BCUT2D eigenvalue weighted by Gasteiger charge is 2.28. The first kappa shape index (κ1) is 13.8. The second kappa shape index (κ2) is 5.00. The fourth-order valence-electron chi connectivity index (χ4n) is 3.42. The minimum atomic E-state index is 0.402. The molecule has 0 aromatic heterocycles. The number of rotatable bonds is 1. The van der Waals surface area contributed by atoms with Gasteiger partial charge >= 0.3 is 0 Å². The molecule has 0 saturated carbocycles. The van der Waals surface area contributed by atoms with Crippen molar-refractivity contribution < 1.29 is 0 Å². The summed E-state index contributed by atoms with van der Waals surface area (Å²) < 4.78 is 0. The molecular weight excluding hydrogens is 262 g/mol. The predicted octanol–water partition coefficient (Wildman–Crippen LogP) is 5.25. The van der Waals surface area contributed by atoms with Crippen LogP contribution in [0.5, 0.6) is 0 Å². The number of benzene rings is 1. The van der Waals surface area contributed by atoms with Gasteiger partial charge in [0.15, 0.2) is 0 Å². The van der Waals surface area contributed by atoms with E-state index in [0.29, 0.717) is 10.8 Å². The molecular formula is C18H23NS. The summed E-state index contributed by atoms with van der Waals surface area (Å²) in [4.78, 5) is 3.78. The van der Waals surface area contributed by atoms with Crippen LogP contribution in [0.15, 0.2) is 52.5 Å². The molecule has 0 fully saturated rings. The van der Waals surface area contributed by atoms with Crippen molar-refractivity contribution in [3.05, 3.63) is 47.6 Å². The minimum absolute atomic E-state index is 0.402. The van der Waals surface area contributed by atoms with Crippen molar-refractivity contribution in [2.45, 2.75) is 43.9 Å². The molecule has 0 amide bonds. The van der Waals surface area contributed by atoms with Gasteiger partial charge in [0.1, 0.15) is 0 Å². The van der Waals surface area contributed by atoms with E-state index in [9.17, 15) is 0 Å². The van der Waals surface area contributed by atoms with Gasteiger partial charge in [0, 0.05) is 11.9 Å². The first-order valence-corrected chi connectivity index (χ1v) is 8.19. The molecule has 0 saturated heterocycles. The molecule has 1 aliphatic heterocycles. The molecule has 3 rings (SSSR count).